The number of ketones is 1. The SMILES string of the molecule is Cc1ccc(O)c(C(=O)c2cc(C#N)c(=O)n(-c3cccc(Cl)c3Cl)c2)c1. The number of carbonyl (C=O) groups excluding carboxylic acids is 1. The second-order valence-electron chi connectivity index (χ2n) is 5.85. The summed E-state index contributed by atoms with van der Waals surface area (Å²) in [5.74, 6) is -0.720. The Hall–Kier alpha value is -3.07. The van der Waals surface area contributed by atoms with Crippen LogP contribution < -0.4 is 5.56 Å². The molecular weight excluding hydrogens is 387 g/mol. The van der Waals surface area contributed by atoms with E-state index in [1.54, 1.807) is 37.3 Å². The smallest absolute Gasteiger partial charge is 0.273 e. The number of carbonyl (C=O) groups is 1. The minimum atomic E-state index is -0.633. The van der Waals surface area contributed by atoms with E-state index in [0.717, 1.165) is 10.1 Å². The maximum absolute atomic E-state index is 12.9. The van der Waals surface area contributed by atoms with Crippen molar-refractivity contribution in [3.63, 3.8) is 0 Å². The first kappa shape index (κ1) is 18.7. The van der Waals surface area contributed by atoms with Gasteiger partial charge in [0.25, 0.3) is 5.56 Å². The van der Waals surface area contributed by atoms with Gasteiger partial charge < -0.3 is 5.11 Å². The van der Waals surface area contributed by atoms with Crippen molar-refractivity contribution < 1.29 is 9.90 Å². The topological polar surface area (TPSA) is 83.1 Å². The summed E-state index contributed by atoms with van der Waals surface area (Å²) in [5.41, 5.74) is 0.289. The lowest BCUT2D eigenvalue weighted by Crippen LogP contribution is -2.23. The third-order valence-electron chi connectivity index (χ3n) is 3.99. The Morgan fingerprint density at radius 1 is 1.19 bits per heavy atom. The Kier molecular flexibility index (Phi) is 5.04. The van der Waals surface area contributed by atoms with Gasteiger partial charge in [0.2, 0.25) is 0 Å². The quantitative estimate of drug-likeness (QED) is 0.667. The van der Waals surface area contributed by atoms with Crippen molar-refractivity contribution in [1.29, 1.82) is 5.26 Å². The lowest BCUT2D eigenvalue weighted by atomic mass is 10.0. The van der Waals surface area contributed by atoms with Crippen molar-refractivity contribution in [3.05, 3.63) is 91.3 Å². The van der Waals surface area contributed by atoms with Crippen LogP contribution in [0, 0.1) is 18.3 Å². The number of nitriles is 1. The fraction of sp³-hybridized carbons (Fsp3) is 0.0500. The highest BCUT2D eigenvalue weighted by atomic mass is 35.5. The normalized spacial score (nSPS) is 10.4. The number of hydrogen-bond donors (Lipinski definition) is 1. The first-order valence-electron chi connectivity index (χ1n) is 7.79. The van der Waals surface area contributed by atoms with Crippen molar-refractivity contribution >= 4 is 29.0 Å². The zero-order valence-corrected chi connectivity index (χ0v) is 15.5. The van der Waals surface area contributed by atoms with Crippen LogP contribution in [0.1, 0.15) is 27.0 Å². The lowest BCUT2D eigenvalue weighted by Gasteiger charge is -2.12. The molecule has 2 aromatic carbocycles. The maximum atomic E-state index is 12.9. The predicted molar refractivity (Wildman–Crippen MR) is 103 cm³/mol. The molecule has 1 N–H and O–H groups in total. The number of rotatable bonds is 3. The first-order valence-corrected chi connectivity index (χ1v) is 8.54. The van der Waals surface area contributed by atoms with Crippen LogP contribution in [0.3, 0.4) is 0 Å². The molecule has 0 unspecified atom stereocenters. The Morgan fingerprint density at radius 3 is 2.63 bits per heavy atom. The van der Waals surface area contributed by atoms with E-state index in [9.17, 15) is 20.0 Å². The van der Waals surface area contributed by atoms with E-state index in [4.69, 9.17) is 23.2 Å². The third-order valence-corrected chi connectivity index (χ3v) is 4.80. The molecule has 7 heteroatoms. The average Bonchev–Trinajstić information content (AvgIpc) is 2.66. The van der Waals surface area contributed by atoms with E-state index in [2.05, 4.69) is 0 Å². The lowest BCUT2D eigenvalue weighted by molar-refractivity contribution is 0.103. The van der Waals surface area contributed by atoms with Gasteiger partial charge in [0.15, 0.2) is 5.78 Å². The number of phenols is 1. The molecule has 0 spiro atoms. The molecular formula is C20H12Cl2N2O3. The van der Waals surface area contributed by atoms with E-state index in [1.165, 1.54) is 24.4 Å². The van der Waals surface area contributed by atoms with Crippen molar-refractivity contribution in [2.45, 2.75) is 6.92 Å². The molecule has 0 radical (unpaired) electrons. The highest BCUT2D eigenvalue weighted by Gasteiger charge is 2.19. The minimum Gasteiger partial charge on any atom is -0.507 e. The zero-order valence-electron chi connectivity index (χ0n) is 14.0. The monoisotopic (exact) mass is 398 g/mol. The van der Waals surface area contributed by atoms with Crippen LogP contribution in [0.2, 0.25) is 10.0 Å². The summed E-state index contributed by atoms with van der Waals surface area (Å²) in [6.07, 6.45) is 1.28. The number of aryl methyl sites for hydroxylation is 1. The number of aromatic hydroxyl groups is 1. The molecule has 0 aliphatic carbocycles. The van der Waals surface area contributed by atoms with Crippen molar-refractivity contribution in [3.8, 4) is 17.5 Å². The van der Waals surface area contributed by atoms with Gasteiger partial charge in [-0.15, -0.1) is 0 Å². The molecule has 1 aromatic heterocycles. The van der Waals surface area contributed by atoms with Gasteiger partial charge in [0.1, 0.15) is 17.4 Å². The summed E-state index contributed by atoms with van der Waals surface area (Å²) in [7, 11) is 0. The van der Waals surface area contributed by atoms with E-state index in [1.807, 2.05) is 0 Å². The van der Waals surface area contributed by atoms with Crippen LogP contribution >= 0.6 is 23.2 Å². The molecule has 0 amide bonds. The molecule has 5 nitrogen and oxygen atoms in total. The zero-order chi connectivity index (χ0) is 19.7. The van der Waals surface area contributed by atoms with Crippen LogP contribution in [0.15, 0.2) is 53.5 Å². The van der Waals surface area contributed by atoms with Gasteiger partial charge in [-0.3, -0.25) is 14.2 Å². The standard InChI is InChI=1S/C20H12Cl2N2O3/c1-11-5-6-17(25)14(7-11)19(26)13-8-12(9-23)20(27)24(10-13)16-4-2-3-15(21)18(16)22/h2-8,10,25H,1H3. The highest BCUT2D eigenvalue weighted by Crippen LogP contribution is 2.28. The number of benzene rings is 2. The summed E-state index contributed by atoms with van der Waals surface area (Å²) < 4.78 is 1.10. The number of halogens is 2. The molecule has 0 bridgehead atoms. The largest absolute Gasteiger partial charge is 0.507 e. The number of nitrogens with zero attached hydrogens (tertiary/aromatic N) is 2. The summed E-state index contributed by atoms with van der Waals surface area (Å²) in [6.45, 7) is 1.78. The molecule has 0 aliphatic rings. The van der Waals surface area contributed by atoms with Gasteiger partial charge in [0.05, 0.1) is 21.3 Å². The maximum Gasteiger partial charge on any atom is 0.273 e. The molecule has 0 aliphatic heterocycles. The Bertz CT molecular complexity index is 1180. The fourth-order valence-electron chi connectivity index (χ4n) is 2.63. The second kappa shape index (κ2) is 7.28. The molecule has 134 valence electrons. The molecule has 27 heavy (non-hydrogen) atoms. The molecule has 0 saturated heterocycles. The minimum absolute atomic E-state index is 0.0584. The van der Waals surface area contributed by atoms with E-state index < -0.39 is 11.3 Å². The van der Waals surface area contributed by atoms with Crippen LogP contribution in [0.5, 0.6) is 5.75 Å². The van der Waals surface area contributed by atoms with Crippen LogP contribution in [-0.2, 0) is 0 Å². The van der Waals surface area contributed by atoms with Gasteiger partial charge in [-0.05, 0) is 37.3 Å². The summed E-state index contributed by atoms with van der Waals surface area (Å²) in [6, 6.07) is 12.3. The van der Waals surface area contributed by atoms with Crippen LogP contribution in [0.25, 0.3) is 5.69 Å². The molecule has 0 atom stereocenters. The van der Waals surface area contributed by atoms with Gasteiger partial charge >= 0.3 is 0 Å². The summed E-state index contributed by atoms with van der Waals surface area (Å²) in [4.78, 5) is 25.5. The van der Waals surface area contributed by atoms with E-state index >= 15 is 0 Å². The second-order valence-corrected chi connectivity index (χ2v) is 6.64. The van der Waals surface area contributed by atoms with Gasteiger partial charge in [0, 0.05) is 11.8 Å². The third kappa shape index (κ3) is 3.45. The predicted octanol–water partition coefficient (Wildman–Crippen LogP) is 4.26. The van der Waals surface area contributed by atoms with Gasteiger partial charge in [-0.2, -0.15) is 5.26 Å². The molecule has 1 heterocycles. The van der Waals surface area contributed by atoms with Gasteiger partial charge in [-0.1, -0.05) is 40.9 Å². The average molecular weight is 399 g/mol. The van der Waals surface area contributed by atoms with E-state index in [-0.39, 0.29) is 38.2 Å². The van der Waals surface area contributed by atoms with Crippen molar-refractivity contribution in [2.24, 2.45) is 0 Å². The Morgan fingerprint density at radius 2 is 1.93 bits per heavy atom. The van der Waals surface area contributed by atoms with E-state index in [0.29, 0.717) is 0 Å². The van der Waals surface area contributed by atoms with Crippen molar-refractivity contribution in [1.82, 2.24) is 4.57 Å². The Balaban J connectivity index is 2.26. The highest BCUT2D eigenvalue weighted by molar-refractivity contribution is 6.43. The van der Waals surface area contributed by atoms with Crippen molar-refractivity contribution in [2.75, 3.05) is 0 Å². The number of aromatic nitrogens is 1. The number of phenolic OH excluding ortho intramolecular Hbond substituents is 1. The fourth-order valence-corrected chi connectivity index (χ4v) is 3.02. The van der Waals surface area contributed by atoms with Crippen LogP contribution in [0.4, 0.5) is 0 Å². The Labute approximate surface area is 164 Å². The summed E-state index contributed by atoms with van der Waals surface area (Å²) in [5, 5.41) is 19.7. The number of pyridine rings is 1. The molecule has 0 fully saturated rings. The first-order chi connectivity index (χ1) is 12.8. The van der Waals surface area contributed by atoms with Crippen LogP contribution in [-0.4, -0.2) is 15.5 Å². The molecule has 3 rings (SSSR count). The molecule has 0 saturated carbocycles. The number of hydrogen-bond acceptors (Lipinski definition) is 4. The summed E-state index contributed by atoms with van der Waals surface area (Å²) >= 11 is 12.2. The molecule has 3 aromatic rings. The van der Waals surface area contributed by atoms with Gasteiger partial charge in [-0.25, -0.2) is 0 Å².